The van der Waals surface area contributed by atoms with Crippen LogP contribution in [0.5, 0.6) is 5.88 Å². The van der Waals surface area contributed by atoms with E-state index in [4.69, 9.17) is 20.9 Å². The van der Waals surface area contributed by atoms with E-state index in [1.165, 1.54) is 0 Å². The molecule has 0 spiro atoms. The molecule has 0 amide bonds. The predicted molar refractivity (Wildman–Crippen MR) is 103 cm³/mol. The Morgan fingerprint density at radius 3 is 2.73 bits per heavy atom. The summed E-state index contributed by atoms with van der Waals surface area (Å²) in [6.07, 6.45) is 3.20. The SMILES string of the molecule is CCNC(=NCc1c(CC)noc1CC)NCCOc1ccc(Cl)cn1. The summed E-state index contributed by atoms with van der Waals surface area (Å²) < 4.78 is 11.0. The van der Waals surface area contributed by atoms with Gasteiger partial charge in [-0.2, -0.15) is 0 Å². The lowest BCUT2D eigenvalue weighted by molar-refractivity contribution is 0.309. The zero-order valence-electron chi connectivity index (χ0n) is 15.5. The molecule has 2 N–H and O–H groups in total. The van der Waals surface area contributed by atoms with Crippen LogP contribution in [0.3, 0.4) is 0 Å². The molecular formula is C18H26ClN5O2. The van der Waals surface area contributed by atoms with Gasteiger partial charge in [0.05, 0.1) is 23.8 Å². The molecule has 0 radical (unpaired) electrons. The monoisotopic (exact) mass is 379 g/mol. The number of aliphatic imine (C=N–C) groups is 1. The lowest BCUT2D eigenvalue weighted by Gasteiger charge is -2.12. The lowest BCUT2D eigenvalue weighted by atomic mass is 10.1. The van der Waals surface area contributed by atoms with Gasteiger partial charge in [-0.15, -0.1) is 0 Å². The summed E-state index contributed by atoms with van der Waals surface area (Å²) in [5.74, 6) is 2.17. The van der Waals surface area contributed by atoms with Gasteiger partial charge < -0.3 is 19.9 Å². The van der Waals surface area contributed by atoms with Crippen molar-refractivity contribution in [2.24, 2.45) is 4.99 Å². The van der Waals surface area contributed by atoms with Crippen LogP contribution in [-0.2, 0) is 19.4 Å². The van der Waals surface area contributed by atoms with Crippen molar-refractivity contribution in [1.82, 2.24) is 20.8 Å². The highest BCUT2D eigenvalue weighted by atomic mass is 35.5. The van der Waals surface area contributed by atoms with Crippen LogP contribution >= 0.6 is 11.6 Å². The second-order valence-electron chi connectivity index (χ2n) is 5.52. The van der Waals surface area contributed by atoms with Crippen LogP contribution in [0.4, 0.5) is 0 Å². The number of ether oxygens (including phenoxy) is 1. The molecule has 0 atom stereocenters. The lowest BCUT2D eigenvalue weighted by Crippen LogP contribution is -2.39. The van der Waals surface area contributed by atoms with Crippen molar-refractivity contribution in [1.29, 1.82) is 0 Å². The first-order valence-corrected chi connectivity index (χ1v) is 9.28. The molecule has 0 aromatic carbocycles. The molecule has 0 aliphatic carbocycles. The minimum Gasteiger partial charge on any atom is -0.476 e. The normalized spacial score (nSPS) is 11.5. The highest BCUT2D eigenvalue weighted by Crippen LogP contribution is 2.16. The van der Waals surface area contributed by atoms with Crippen molar-refractivity contribution in [3.63, 3.8) is 0 Å². The van der Waals surface area contributed by atoms with Crippen LogP contribution in [0.2, 0.25) is 5.02 Å². The molecule has 26 heavy (non-hydrogen) atoms. The standard InChI is InChI=1S/C18H26ClN5O2/c1-4-15-14(16(5-2)26-24-15)12-23-18(20-6-3)21-9-10-25-17-8-7-13(19)11-22-17/h7-8,11H,4-6,9-10,12H2,1-3H3,(H2,20,21,23). The number of hydrogen-bond acceptors (Lipinski definition) is 5. The fourth-order valence-electron chi connectivity index (χ4n) is 2.39. The third kappa shape index (κ3) is 5.91. The van der Waals surface area contributed by atoms with Gasteiger partial charge in [0.1, 0.15) is 12.4 Å². The van der Waals surface area contributed by atoms with E-state index in [1.54, 1.807) is 18.3 Å². The minimum atomic E-state index is 0.465. The summed E-state index contributed by atoms with van der Waals surface area (Å²) in [6.45, 7) is 8.52. The molecule has 0 fully saturated rings. The summed E-state index contributed by atoms with van der Waals surface area (Å²) in [5, 5.41) is 11.2. The van der Waals surface area contributed by atoms with Crippen molar-refractivity contribution in [3.8, 4) is 5.88 Å². The van der Waals surface area contributed by atoms with Crippen molar-refractivity contribution >= 4 is 17.6 Å². The first-order chi connectivity index (χ1) is 12.7. The minimum absolute atomic E-state index is 0.465. The van der Waals surface area contributed by atoms with Gasteiger partial charge in [-0.3, -0.25) is 0 Å². The van der Waals surface area contributed by atoms with Gasteiger partial charge in [0.25, 0.3) is 0 Å². The van der Waals surface area contributed by atoms with Crippen LogP contribution in [0.1, 0.15) is 37.8 Å². The number of aryl methyl sites for hydroxylation is 2. The quantitative estimate of drug-likeness (QED) is 0.396. The summed E-state index contributed by atoms with van der Waals surface area (Å²) in [4.78, 5) is 8.73. The van der Waals surface area contributed by atoms with Crippen LogP contribution < -0.4 is 15.4 Å². The van der Waals surface area contributed by atoms with Gasteiger partial charge >= 0.3 is 0 Å². The van der Waals surface area contributed by atoms with Crippen LogP contribution in [0.15, 0.2) is 27.8 Å². The molecule has 0 bridgehead atoms. The summed E-state index contributed by atoms with van der Waals surface area (Å²) in [7, 11) is 0. The van der Waals surface area contributed by atoms with Crippen molar-refractivity contribution < 1.29 is 9.26 Å². The van der Waals surface area contributed by atoms with Gasteiger partial charge in [0, 0.05) is 30.8 Å². The van der Waals surface area contributed by atoms with E-state index in [0.29, 0.717) is 30.6 Å². The number of nitrogens with zero attached hydrogens (tertiary/aromatic N) is 3. The molecule has 2 aromatic heterocycles. The third-order valence-corrected chi connectivity index (χ3v) is 3.91. The highest BCUT2D eigenvalue weighted by molar-refractivity contribution is 6.30. The Morgan fingerprint density at radius 1 is 1.23 bits per heavy atom. The molecule has 0 aliphatic heterocycles. The topological polar surface area (TPSA) is 84.6 Å². The smallest absolute Gasteiger partial charge is 0.213 e. The molecule has 2 rings (SSSR count). The first-order valence-electron chi connectivity index (χ1n) is 8.90. The number of pyridine rings is 1. The molecule has 2 heterocycles. The van der Waals surface area contributed by atoms with Crippen LogP contribution in [-0.4, -0.2) is 35.8 Å². The summed E-state index contributed by atoms with van der Waals surface area (Å²) in [5.41, 5.74) is 2.05. The van der Waals surface area contributed by atoms with E-state index in [9.17, 15) is 0 Å². The summed E-state index contributed by atoms with van der Waals surface area (Å²) in [6, 6.07) is 3.49. The molecule has 8 heteroatoms. The summed E-state index contributed by atoms with van der Waals surface area (Å²) >= 11 is 5.80. The fraction of sp³-hybridized carbons (Fsp3) is 0.500. The van der Waals surface area contributed by atoms with Gasteiger partial charge in [0.15, 0.2) is 5.96 Å². The molecule has 7 nitrogen and oxygen atoms in total. The molecule has 2 aromatic rings. The van der Waals surface area contributed by atoms with Gasteiger partial charge in [-0.25, -0.2) is 9.98 Å². The van der Waals surface area contributed by atoms with Gasteiger partial charge in [-0.1, -0.05) is 30.6 Å². The Balaban J connectivity index is 1.88. The van der Waals surface area contributed by atoms with E-state index in [0.717, 1.165) is 42.4 Å². The van der Waals surface area contributed by atoms with Crippen LogP contribution in [0, 0.1) is 0 Å². The molecule has 0 saturated heterocycles. The van der Waals surface area contributed by atoms with Gasteiger partial charge in [0.2, 0.25) is 5.88 Å². The van der Waals surface area contributed by atoms with E-state index >= 15 is 0 Å². The molecule has 0 aliphatic rings. The second-order valence-corrected chi connectivity index (χ2v) is 5.96. The molecular weight excluding hydrogens is 354 g/mol. The second kappa shape index (κ2) is 10.7. The van der Waals surface area contributed by atoms with E-state index in [1.807, 2.05) is 6.92 Å². The molecule has 0 saturated carbocycles. The van der Waals surface area contributed by atoms with E-state index < -0.39 is 0 Å². The first kappa shape index (κ1) is 20.0. The fourth-order valence-corrected chi connectivity index (χ4v) is 2.50. The zero-order valence-corrected chi connectivity index (χ0v) is 16.3. The number of aromatic nitrogens is 2. The Hall–Kier alpha value is -2.28. The number of halogens is 1. The van der Waals surface area contributed by atoms with Crippen molar-refractivity contribution in [3.05, 3.63) is 40.4 Å². The van der Waals surface area contributed by atoms with E-state index in [2.05, 4.69) is 39.6 Å². The van der Waals surface area contributed by atoms with E-state index in [-0.39, 0.29) is 0 Å². The molecule has 0 unspecified atom stereocenters. The Kier molecular flexibility index (Phi) is 8.21. The van der Waals surface area contributed by atoms with Gasteiger partial charge in [-0.05, 0) is 19.4 Å². The maximum absolute atomic E-state index is 5.80. The average molecular weight is 380 g/mol. The number of guanidine groups is 1. The third-order valence-electron chi connectivity index (χ3n) is 3.69. The Morgan fingerprint density at radius 2 is 2.08 bits per heavy atom. The molecule has 142 valence electrons. The maximum Gasteiger partial charge on any atom is 0.213 e. The van der Waals surface area contributed by atoms with Crippen molar-refractivity contribution in [2.45, 2.75) is 40.2 Å². The van der Waals surface area contributed by atoms with Crippen LogP contribution in [0.25, 0.3) is 0 Å². The zero-order chi connectivity index (χ0) is 18.8. The number of rotatable bonds is 9. The highest BCUT2D eigenvalue weighted by Gasteiger charge is 2.13. The number of hydrogen-bond donors (Lipinski definition) is 2. The number of nitrogens with one attached hydrogen (secondary N) is 2. The average Bonchev–Trinajstić information content (AvgIpc) is 3.06. The predicted octanol–water partition coefficient (Wildman–Crippen LogP) is 2.98. The largest absolute Gasteiger partial charge is 0.476 e. The van der Waals surface area contributed by atoms with Crippen molar-refractivity contribution in [2.75, 3.05) is 19.7 Å². The maximum atomic E-state index is 5.80. The Bertz CT molecular complexity index is 679. The Labute approximate surface area is 159 Å².